The highest BCUT2D eigenvalue weighted by atomic mass is 19.1. The first kappa shape index (κ1) is 24.9. The van der Waals surface area contributed by atoms with Gasteiger partial charge in [-0.15, -0.1) is 0 Å². The third-order valence-electron chi connectivity index (χ3n) is 4.96. The molecule has 2 amide bonds. The Morgan fingerprint density at radius 3 is 2.44 bits per heavy atom. The lowest BCUT2D eigenvalue weighted by molar-refractivity contribution is -0.115. The van der Waals surface area contributed by atoms with Crippen LogP contribution in [-0.4, -0.2) is 26.8 Å². The Kier molecular flexibility index (Phi) is 6.76. The number of nitrogens with two attached hydrogens (primary N) is 2. The summed E-state index contributed by atoms with van der Waals surface area (Å²) in [5.41, 5.74) is 11.1. The van der Waals surface area contributed by atoms with E-state index in [4.69, 9.17) is 16.0 Å². The topological polar surface area (TPSA) is 142 Å². The molecule has 5 N–H and O–H groups in total. The summed E-state index contributed by atoms with van der Waals surface area (Å²) < 4.78 is 36.2. The van der Waals surface area contributed by atoms with Gasteiger partial charge in [-0.3, -0.25) is 14.9 Å². The normalized spacial score (nSPS) is 11.8. The molecule has 34 heavy (non-hydrogen) atoms. The van der Waals surface area contributed by atoms with E-state index in [1.54, 1.807) is 19.9 Å². The van der Waals surface area contributed by atoms with Gasteiger partial charge in [-0.2, -0.15) is 5.10 Å². The number of primary amides is 1. The molecule has 1 aromatic carbocycles. The van der Waals surface area contributed by atoms with Crippen LogP contribution in [0.5, 0.6) is 0 Å². The molecule has 2 heterocycles. The lowest BCUT2D eigenvalue weighted by Gasteiger charge is -2.14. The van der Waals surface area contributed by atoms with Crippen LogP contribution in [0.3, 0.4) is 0 Å². The van der Waals surface area contributed by atoms with E-state index in [-0.39, 0.29) is 45.5 Å². The Labute approximate surface area is 195 Å². The zero-order valence-corrected chi connectivity index (χ0v) is 19.7. The zero-order valence-electron chi connectivity index (χ0n) is 19.7. The number of aromatic nitrogens is 3. The Morgan fingerprint density at radius 2 is 1.85 bits per heavy atom. The fraction of sp³-hybridized carbons (Fsp3) is 0.391. The average Bonchev–Trinajstić information content (AvgIpc) is 3.26. The minimum absolute atomic E-state index is 0.0232. The van der Waals surface area contributed by atoms with E-state index in [1.165, 1.54) is 4.68 Å². The molecule has 0 aliphatic heterocycles. The van der Waals surface area contributed by atoms with Gasteiger partial charge < -0.3 is 16.0 Å². The molecule has 9 nitrogen and oxygen atoms in total. The van der Waals surface area contributed by atoms with Crippen molar-refractivity contribution in [1.29, 1.82) is 0 Å². The summed E-state index contributed by atoms with van der Waals surface area (Å²) in [6.45, 7) is 9.63. The van der Waals surface area contributed by atoms with E-state index in [2.05, 4.69) is 15.6 Å². The number of nitrogens with zero attached hydrogens (tertiary/aromatic N) is 3. The van der Waals surface area contributed by atoms with Crippen LogP contribution in [0.1, 0.15) is 62.3 Å². The predicted molar refractivity (Wildman–Crippen MR) is 123 cm³/mol. The van der Waals surface area contributed by atoms with Crippen LogP contribution in [0.4, 0.5) is 20.5 Å². The van der Waals surface area contributed by atoms with Crippen LogP contribution in [0.15, 0.2) is 22.7 Å². The lowest BCUT2D eigenvalue weighted by atomic mass is 9.91. The molecular weight excluding hydrogens is 446 g/mol. The fourth-order valence-electron chi connectivity index (χ4n) is 3.53. The molecule has 0 fully saturated rings. The third-order valence-corrected chi connectivity index (χ3v) is 4.96. The predicted octanol–water partition coefficient (Wildman–Crippen LogP) is 3.85. The molecule has 0 aliphatic carbocycles. The number of hydrogen-bond donors (Lipinski definition) is 3. The van der Waals surface area contributed by atoms with E-state index in [1.807, 2.05) is 20.8 Å². The van der Waals surface area contributed by atoms with Crippen LogP contribution in [0.2, 0.25) is 0 Å². The van der Waals surface area contributed by atoms with Crippen molar-refractivity contribution in [2.45, 2.75) is 53.5 Å². The number of amides is 2. The second-order valence-electron chi connectivity index (χ2n) is 9.58. The number of benzene rings is 1. The van der Waals surface area contributed by atoms with Crippen molar-refractivity contribution in [3.63, 3.8) is 0 Å². The molecule has 11 heteroatoms. The van der Waals surface area contributed by atoms with Gasteiger partial charge in [0.1, 0.15) is 28.7 Å². The maximum Gasteiger partial charge on any atom is 0.254 e. The lowest BCUT2D eigenvalue weighted by Crippen LogP contribution is -2.16. The first-order valence-electron chi connectivity index (χ1n) is 10.7. The van der Waals surface area contributed by atoms with E-state index in [0.717, 1.165) is 12.1 Å². The van der Waals surface area contributed by atoms with Gasteiger partial charge in [-0.25, -0.2) is 13.5 Å². The number of anilines is 2. The molecule has 182 valence electrons. The first-order valence-corrected chi connectivity index (χ1v) is 10.7. The van der Waals surface area contributed by atoms with Crippen LogP contribution in [0, 0.1) is 17.0 Å². The van der Waals surface area contributed by atoms with Gasteiger partial charge >= 0.3 is 0 Å². The molecule has 0 saturated carbocycles. The Morgan fingerprint density at radius 1 is 1.18 bits per heavy atom. The summed E-state index contributed by atoms with van der Waals surface area (Å²) in [5, 5.41) is 10.6. The summed E-state index contributed by atoms with van der Waals surface area (Å²) >= 11 is 0. The smallest absolute Gasteiger partial charge is 0.254 e. The second-order valence-corrected chi connectivity index (χ2v) is 9.58. The standard InChI is InChI=1S/C23H28F2N6O3/c1-11(2)31-21(26)19(22(27)33)20(29-31)14-9-15(24)12(6-16(14)25)7-17(32)28-18-8-13(30-34-18)10-23(3,4)5/h6,8-9,11H,7,10,26H2,1-5H3,(H2,27,33)(H,28,32). The van der Waals surface area contributed by atoms with Gasteiger partial charge in [0, 0.05) is 23.2 Å². The molecule has 0 bridgehead atoms. The number of carbonyl (C=O) groups is 2. The van der Waals surface area contributed by atoms with Crippen molar-refractivity contribution < 1.29 is 22.9 Å². The SMILES string of the molecule is CC(C)n1nc(-c2cc(F)c(CC(=O)Nc3cc(CC(C)(C)C)no3)cc2F)c(C(N)=O)c1N. The number of hydrogen-bond acceptors (Lipinski definition) is 6. The first-order chi connectivity index (χ1) is 15.8. The molecule has 3 rings (SSSR count). The zero-order chi connectivity index (χ0) is 25.4. The second kappa shape index (κ2) is 9.24. The maximum absolute atomic E-state index is 15.0. The van der Waals surface area contributed by atoms with Crippen molar-refractivity contribution in [1.82, 2.24) is 14.9 Å². The van der Waals surface area contributed by atoms with E-state index in [9.17, 15) is 18.4 Å². The molecule has 0 radical (unpaired) electrons. The number of nitrogen functional groups attached to an aromatic ring is 1. The quantitative estimate of drug-likeness (QED) is 0.475. The van der Waals surface area contributed by atoms with Crippen molar-refractivity contribution >= 4 is 23.5 Å². The van der Waals surface area contributed by atoms with Gasteiger partial charge in [0.05, 0.1) is 12.1 Å². The third kappa shape index (κ3) is 5.41. The van der Waals surface area contributed by atoms with E-state index < -0.39 is 29.9 Å². The molecule has 0 unspecified atom stereocenters. The molecular formula is C23H28F2N6O3. The van der Waals surface area contributed by atoms with Gasteiger partial charge in [0.15, 0.2) is 0 Å². The fourth-order valence-corrected chi connectivity index (χ4v) is 3.53. The van der Waals surface area contributed by atoms with Crippen molar-refractivity contribution in [3.8, 4) is 11.3 Å². The Hall–Kier alpha value is -3.76. The monoisotopic (exact) mass is 474 g/mol. The molecule has 0 spiro atoms. The van der Waals surface area contributed by atoms with Gasteiger partial charge in [0.2, 0.25) is 11.8 Å². The van der Waals surface area contributed by atoms with E-state index in [0.29, 0.717) is 12.1 Å². The molecule has 2 aromatic heterocycles. The Bertz CT molecular complexity index is 1240. The number of halogens is 2. The summed E-state index contributed by atoms with van der Waals surface area (Å²) in [7, 11) is 0. The number of carbonyl (C=O) groups excluding carboxylic acids is 2. The Balaban J connectivity index is 1.84. The number of rotatable bonds is 7. The van der Waals surface area contributed by atoms with Crippen molar-refractivity contribution in [3.05, 3.63) is 46.7 Å². The number of nitrogens with one attached hydrogen (secondary N) is 1. The highest BCUT2D eigenvalue weighted by Gasteiger charge is 2.26. The van der Waals surface area contributed by atoms with Crippen LogP contribution < -0.4 is 16.8 Å². The summed E-state index contributed by atoms with van der Waals surface area (Å²) in [4.78, 5) is 24.3. The molecule has 0 aliphatic rings. The summed E-state index contributed by atoms with van der Waals surface area (Å²) in [6, 6.07) is 3.09. The molecule has 0 saturated heterocycles. The highest BCUT2D eigenvalue weighted by Crippen LogP contribution is 2.32. The molecule has 3 aromatic rings. The van der Waals surface area contributed by atoms with Crippen LogP contribution in [0.25, 0.3) is 11.3 Å². The maximum atomic E-state index is 15.0. The highest BCUT2D eigenvalue weighted by molar-refractivity contribution is 6.03. The minimum Gasteiger partial charge on any atom is -0.383 e. The average molecular weight is 475 g/mol. The van der Waals surface area contributed by atoms with Gasteiger partial charge in [-0.05, 0) is 37.8 Å². The summed E-state index contributed by atoms with van der Waals surface area (Å²) in [5.74, 6) is -3.20. The van der Waals surface area contributed by atoms with Crippen LogP contribution in [-0.2, 0) is 17.6 Å². The summed E-state index contributed by atoms with van der Waals surface area (Å²) in [6.07, 6.45) is 0.182. The van der Waals surface area contributed by atoms with Gasteiger partial charge in [-0.1, -0.05) is 25.9 Å². The largest absolute Gasteiger partial charge is 0.383 e. The van der Waals surface area contributed by atoms with Crippen molar-refractivity contribution in [2.24, 2.45) is 11.1 Å². The van der Waals surface area contributed by atoms with E-state index >= 15 is 0 Å². The van der Waals surface area contributed by atoms with Crippen LogP contribution >= 0.6 is 0 Å². The minimum atomic E-state index is -0.916. The van der Waals surface area contributed by atoms with Gasteiger partial charge in [0.25, 0.3) is 5.91 Å². The molecule has 0 atom stereocenters. The van der Waals surface area contributed by atoms with Crippen molar-refractivity contribution in [2.75, 3.05) is 11.1 Å².